The van der Waals surface area contributed by atoms with Gasteiger partial charge in [-0.2, -0.15) is 0 Å². The fourth-order valence-corrected chi connectivity index (χ4v) is 4.51. The van der Waals surface area contributed by atoms with Crippen molar-refractivity contribution in [3.05, 3.63) is 59.2 Å². The lowest BCUT2D eigenvalue weighted by molar-refractivity contribution is 0.0937. The summed E-state index contributed by atoms with van der Waals surface area (Å²) < 4.78 is 10.8. The minimum atomic E-state index is 0.644. The molecule has 0 aromatic heterocycles. The molecule has 0 spiro atoms. The van der Waals surface area contributed by atoms with Crippen molar-refractivity contribution in [3.63, 3.8) is 0 Å². The second-order valence-corrected chi connectivity index (χ2v) is 7.39. The molecular weight excluding hydrogens is 310 g/mol. The minimum Gasteiger partial charge on any atom is -0.493 e. The molecule has 0 N–H and O–H groups in total. The summed E-state index contributed by atoms with van der Waals surface area (Å²) in [5, 5.41) is 0. The number of benzene rings is 2. The molecule has 2 bridgehead atoms. The summed E-state index contributed by atoms with van der Waals surface area (Å²) >= 11 is 0. The van der Waals surface area contributed by atoms with Crippen molar-refractivity contribution >= 4 is 0 Å². The second kappa shape index (κ2) is 7.09. The standard InChI is InChI=1S/C22H27NO2/c1-24-21-10-8-17(12-22(21)25-2)15-23-14-16-7-9-20(23)13-19-6-4-3-5-18(19)11-16/h3-6,8,10,12,16,20H,7,9,11,13-15H2,1-2H3/t16-,20+/m1/s1. The van der Waals surface area contributed by atoms with Gasteiger partial charge in [0.05, 0.1) is 14.2 Å². The van der Waals surface area contributed by atoms with E-state index in [9.17, 15) is 0 Å². The van der Waals surface area contributed by atoms with Crippen LogP contribution in [0.15, 0.2) is 42.5 Å². The van der Waals surface area contributed by atoms with Gasteiger partial charge >= 0.3 is 0 Å². The van der Waals surface area contributed by atoms with Crippen LogP contribution in [0.1, 0.15) is 29.5 Å². The first-order valence-corrected chi connectivity index (χ1v) is 9.28. The molecule has 2 heterocycles. The number of ether oxygens (including phenoxy) is 2. The van der Waals surface area contributed by atoms with Crippen molar-refractivity contribution in [1.82, 2.24) is 4.90 Å². The number of fused-ring (bicyclic) bond motifs is 2. The first-order valence-electron chi connectivity index (χ1n) is 9.28. The third-order valence-corrected chi connectivity index (χ3v) is 5.83. The Balaban J connectivity index is 1.56. The van der Waals surface area contributed by atoms with E-state index in [1.807, 2.05) is 6.07 Å². The van der Waals surface area contributed by atoms with Gasteiger partial charge in [0.1, 0.15) is 0 Å². The van der Waals surface area contributed by atoms with Gasteiger partial charge in [0.15, 0.2) is 11.5 Å². The molecule has 2 aromatic rings. The molecule has 1 aliphatic carbocycles. The van der Waals surface area contributed by atoms with E-state index in [1.165, 1.54) is 37.8 Å². The van der Waals surface area contributed by atoms with Gasteiger partial charge in [-0.15, -0.1) is 0 Å². The number of hydrogen-bond acceptors (Lipinski definition) is 3. The van der Waals surface area contributed by atoms with Gasteiger partial charge < -0.3 is 9.47 Å². The molecule has 0 unspecified atom stereocenters. The SMILES string of the molecule is COc1ccc(CN2C[C@@H]3CC[C@H]2Cc2ccccc2C3)cc1OC. The fourth-order valence-electron chi connectivity index (χ4n) is 4.51. The lowest BCUT2D eigenvalue weighted by Gasteiger charge is -2.42. The molecule has 2 aliphatic heterocycles. The number of hydrogen-bond donors (Lipinski definition) is 0. The predicted octanol–water partition coefficient (Wildman–Crippen LogP) is 4.08. The smallest absolute Gasteiger partial charge is 0.161 e. The van der Waals surface area contributed by atoms with Crippen LogP contribution in [0, 0.1) is 5.92 Å². The minimum absolute atomic E-state index is 0.644. The van der Waals surface area contributed by atoms with Gasteiger partial charge in [-0.25, -0.2) is 0 Å². The molecule has 25 heavy (non-hydrogen) atoms. The number of methoxy groups -OCH3 is 2. The molecule has 0 saturated carbocycles. The summed E-state index contributed by atoms with van der Waals surface area (Å²) in [4.78, 5) is 2.69. The van der Waals surface area contributed by atoms with Crippen LogP contribution in [-0.2, 0) is 19.4 Å². The highest BCUT2D eigenvalue weighted by atomic mass is 16.5. The van der Waals surface area contributed by atoms with E-state index in [0.29, 0.717) is 6.04 Å². The van der Waals surface area contributed by atoms with E-state index in [0.717, 1.165) is 24.0 Å². The zero-order valence-corrected chi connectivity index (χ0v) is 15.2. The van der Waals surface area contributed by atoms with Crippen LogP contribution in [0.2, 0.25) is 0 Å². The highest BCUT2D eigenvalue weighted by Crippen LogP contribution is 2.34. The Kier molecular flexibility index (Phi) is 4.67. The van der Waals surface area contributed by atoms with Gasteiger partial charge in [-0.05, 0) is 60.4 Å². The van der Waals surface area contributed by atoms with Crippen molar-refractivity contribution in [2.24, 2.45) is 5.92 Å². The molecule has 132 valence electrons. The zero-order chi connectivity index (χ0) is 17.2. The fraction of sp³-hybridized carbons (Fsp3) is 0.455. The Bertz CT molecular complexity index is 743. The Morgan fingerprint density at radius 3 is 2.44 bits per heavy atom. The lowest BCUT2D eigenvalue weighted by atomic mass is 9.80. The monoisotopic (exact) mass is 337 g/mol. The Labute approximate surface area is 150 Å². The van der Waals surface area contributed by atoms with Crippen LogP contribution < -0.4 is 9.47 Å². The third kappa shape index (κ3) is 3.38. The third-order valence-electron chi connectivity index (χ3n) is 5.83. The van der Waals surface area contributed by atoms with Crippen molar-refractivity contribution in [2.75, 3.05) is 20.8 Å². The van der Waals surface area contributed by atoms with Crippen molar-refractivity contribution in [1.29, 1.82) is 0 Å². The maximum absolute atomic E-state index is 5.48. The first kappa shape index (κ1) is 16.5. The molecule has 1 fully saturated rings. The van der Waals surface area contributed by atoms with E-state index in [4.69, 9.17) is 9.47 Å². The maximum Gasteiger partial charge on any atom is 0.161 e. The van der Waals surface area contributed by atoms with Gasteiger partial charge in [-0.3, -0.25) is 4.90 Å². The van der Waals surface area contributed by atoms with Crippen LogP contribution in [0.25, 0.3) is 0 Å². The Morgan fingerprint density at radius 1 is 0.920 bits per heavy atom. The van der Waals surface area contributed by atoms with Crippen LogP contribution in [0.5, 0.6) is 11.5 Å². The van der Waals surface area contributed by atoms with Gasteiger partial charge in [0, 0.05) is 19.1 Å². The molecular formula is C22H27NO2. The molecule has 3 aliphatic rings. The molecule has 0 amide bonds. The molecule has 2 atom stereocenters. The number of piperidine rings is 1. The second-order valence-electron chi connectivity index (χ2n) is 7.39. The highest BCUT2D eigenvalue weighted by Gasteiger charge is 2.31. The van der Waals surface area contributed by atoms with Crippen LogP contribution in [-0.4, -0.2) is 31.7 Å². The van der Waals surface area contributed by atoms with Crippen molar-refractivity contribution < 1.29 is 9.47 Å². The van der Waals surface area contributed by atoms with Crippen LogP contribution in [0.4, 0.5) is 0 Å². The van der Waals surface area contributed by atoms with Gasteiger partial charge in [-0.1, -0.05) is 30.3 Å². The van der Waals surface area contributed by atoms with E-state index < -0.39 is 0 Å². The topological polar surface area (TPSA) is 21.7 Å². The van der Waals surface area contributed by atoms with Crippen molar-refractivity contribution in [2.45, 2.75) is 38.3 Å². The predicted molar refractivity (Wildman–Crippen MR) is 100 cm³/mol. The number of rotatable bonds is 4. The lowest BCUT2D eigenvalue weighted by Crippen LogP contribution is -2.46. The summed E-state index contributed by atoms with van der Waals surface area (Å²) in [5.74, 6) is 2.40. The van der Waals surface area contributed by atoms with Crippen LogP contribution >= 0.6 is 0 Å². The van der Waals surface area contributed by atoms with E-state index in [1.54, 1.807) is 25.3 Å². The molecule has 5 rings (SSSR count). The van der Waals surface area contributed by atoms with E-state index in [2.05, 4.69) is 41.3 Å². The van der Waals surface area contributed by atoms with Gasteiger partial charge in [0.25, 0.3) is 0 Å². The summed E-state index contributed by atoms with van der Waals surface area (Å²) in [6, 6.07) is 16.0. The summed E-state index contributed by atoms with van der Waals surface area (Å²) in [5.41, 5.74) is 4.43. The van der Waals surface area contributed by atoms with E-state index >= 15 is 0 Å². The highest BCUT2D eigenvalue weighted by molar-refractivity contribution is 5.43. The Hall–Kier alpha value is -2.00. The molecule has 0 radical (unpaired) electrons. The average Bonchev–Trinajstić information content (AvgIpc) is 2.62. The quantitative estimate of drug-likeness (QED) is 0.839. The first-order chi connectivity index (χ1) is 12.3. The molecule has 3 nitrogen and oxygen atoms in total. The van der Waals surface area contributed by atoms with Crippen molar-refractivity contribution in [3.8, 4) is 11.5 Å². The Morgan fingerprint density at radius 2 is 1.68 bits per heavy atom. The van der Waals surface area contributed by atoms with E-state index in [-0.39, 0.29) is 0 Å². The molecule has 1 saturated heterocycles. The summed E-state index contributed by atoms with van der Waals surface area (Å²) in [7, 11) is 3.39. The molecule has 2 aromatic carbocycles. The average molecular weight is 337 g/mol. The summed E-state index contributed by atoms with van der Waals surface area (Å²) in [6.07, 6.45) is 5.08. The molecule has 3 heteroatoms. The maximum atomic E-state index is 5.48. The zero-order valence-electron chi connectivity index (χ0n) is 15.2. The van der Waals surface area contributed by atoms with Crippen LogP contribution in [0.3, 0.4) is 0 Å². The normalized spacial score (nSPS) is 22.8. The summed E-state index contributed by atoms with van der Waals surface area (Å²) in [6.45, 7) is 2.19. The van der Waals surface area contributed by atoms with Gasteiger partial charge in [0.2, 0.25) is 0 Å². The largest absolute Gasteiger partial charge is 0.493 e. The number of nitrogens with zero attached hydrogens (tertiary/aromatic N) is 1.